The summed E-state index contributed by atoms with van der Waals surface area (Å²) in [4.78, 5) is 23.6. The Morgan fingerprint density at radius 2 is 1.77 bits per heavy atom. The van der Waals surface area contributed by atoms with Crippen LogP contribution < -0.4 is 10.6 Å². The molecule has 0 heterocycles. The SMILES string of the molecule is CCCC[C@@H](CC)CNC(=O)NC(=O)N(C(C)C)S(C)(=O)=O. The van der Waals surface area contributed by atoms with Crippen molar-refractivity contribution >= 4 is 22.1 Å². The number of amides is 4. The summed E-state index contributed by atoms with van der Waals surface area (Å²) < 4.78 is 23.8. The van der Waals surface area contributed by atoms with Crippen LogP contribution >= 0.6 is 0 Å². The van der Waals surface area contributed by atoms with Gasteiger partial charge in [0.25, 0.3) is 0 Å². The van der Waals surface area contributed by atoms with Gasteiger partial charge in [-0.15, -0.1) is 0 Å². The molecule has 0 aliphatic rings. The predicted molar refractivity (Wildman–Crippen MR) is 87.1 cm³/mol. The quantitative estimate of drug-likeness (QED) is 0.711. The van der Waals surface area contributed by atoms with E-state index in [-0.39, 0.29) is 0 Å². The van der Waals surface area contributed by atoms with E-state index in [4.69, 9.17) is 0 Å². The first-order valence-corrected chi connectivity index (χ1v) is 9.56. The highest BCUT2D eigenvalue weighted by Gasteiger charge is 2.27. The fourth-order valence-electron chi connectivity index (χ4n) is 2.14. The summed E-state index contributed by atoms with van der Waals surface area (Å²) in [5.41, 5.74) is 0. The number of hydrogen-bond acceptors (Lipinski definition) is 4. The molecule has 0 aromatic heterocycles. The van der Waals surface area contributed by atoms with Gasteiger partial charge in [0.2, 0.25) is 10.0 Å². The number of carbonyl (C=O) groups excluding carboxylic acids is 2. The molecule has 22 heavy (non-hydrogen) atoms. The van der Waals surface area contributed by atoms with Crippen LogP contribution in [0.4, 0.5) is 9.59 Å². The molecule has 0 aromatic rings. The first-order chi connectivity index (χ1) is 10.1. The first kappa shape index (κ1) is 20.7. The standard InChI is InChI=1S/C14H29N3O4S/c1-6-8-9-12(7-2)10-15-13(18)16-14(19)17(11(3)4)22(5,20)21/h11-12H,6-10H2,1-5H3,(H2,15,16,18,19)/t12-/m1/s1. The van der Waals surface area contributed by atoms with Gasteiger partial charge < -0.3 is 5.32 Å². The van der Waals surface area contributed by atoms with Gasteiger partial charge in [-0.05, 0) is 26.2 Å². The number of nitrogens with zero attached hydrogens (tertiary/aromatic N) is 1. The molecule has 8 heteroatoms. The molecular formula is C14H29N3O4S. The normalized spacial score (nSPS) is 12.8. The Hall–Kier alpha value is -1.31. The molecule has 0 unspecified atom stereocenters. The molecular weight excluding hydrogens is 306 g/mol. The highest BCUT2D eigenvalue weighted by atomic mass is 32.2. The van der Waals surface area contributed by atoms with E-state index in [0.29, 0.717) is 16.8 Å². The highest BCUT2D eigenvalue weighted by molar-refractivity contribution is 7.88. The lowest BCUT2D eigenvalue weighted by atomic mass is 9.99. The van der Waals surface area contributed by atoms with E-state index in [1.54, 1.807) is 13.8 Å². The Kier molecular flexibility index (Phi) is 9.08. The summed E-state index contributed by atoms with van der Waals surface area (Å²) in [6.45, 7) is 7.76. The fraction of sp³-hybridized carbons (Fsp3) is 0.857. The second-order valence-electron chi connectivity index (χ2n) is 5.71. The summed E-state index contributed by atoms with van der Waals surface area (Å²) in [5, 5.41) is 4.69. The van der Waals surface area contributed by atoms with Gasteiger partial charge in [0, 0.05) is 12.6 Å². The van der Waals surface area contributed by atoms with Crippen molar-refractivity contribution in [2.75, 3.05) is 12.8 Å². The Bertz CT molecular complexity index is 463. The summed E-state index contributed by atoms with van der Waals surface area (Å²) in [7, 11) is -3.72. The van der Waals surface area contributed by atoms with Crippen molar-refractivity contribution in [1.29, 1.82) is 0 Å². The maximum atomic E-state index is 11.9. The van der Waals surface area contributed by atoms with Gasteiger partial charge in [-0.25, -0.2) is 22.3 Å². The van der Waals surface area contributed by atoms with Crippen molar-refractivity contribution in [3.8, 4) is 0 Å². The number of sulfonamides is 1. The maximum absolute atomic E-state index is 11.9. The van der Waals surface area contributed by atoms with E-state index in [9.17, 15) is 18.0 Å². The molecule has 0 rings (SSSR count). The largest absolute Gasteiger partial charge is 0.339 e. The molecule has 4 amide bonds. The molecule has 0 radical (unpaired) electrons. The third-order valence-electron chi connectivity index (χ3n) is 3.34. The van der Waals surface area contributed by atoms with Crippen LogP contribution in [0.25, 0.3) is 0 Å². The van der Waals surface area contributed by atoms with Crippen LogP contribution in [-0.2, 0) is 10.0 Å². The number of rotatable bonds is 8. The van der Waals surface area contributed by atoms with E-state index in [1.807, 2.05) is 0 Å². The first-order valence-electron chi connectivity index (χ1n) is 7.71. The maximum Gasteiger partial charge on any atom is 0.339 e. The van der Waals surface area contributed by atoms with Crippen LogP contribution in [0, 0.1) is 5.92 Å². The average Bonchev–Trinajstić information content (AvgIpc) is 2.36. The lowest BCUT2D eigenvalue weighted by Crippen LogP contribution is -2.51. The van der Waals surface area contributed by atoms with E-state index in [1.165, 1.54) is 0 Å². The number of carbonyl (C=O) groups is 2. The van der Waals surface area contributed by atoms with Crippen LogP contribution in [0.15, 0.2) is 0 Å². The minimum atomic E-state index is -3.72. The predicted octanol–water partition coefficient (Wildman–Crippen LogP) is 2.29. The number of urea groups is 2. The number of nitrogens with one attached hydrogen (secondary N) is 2. The molecule has 0 bridgehead atoms. The third kappa shape index (κ3) is 7.63. The minimum Gasteiger partial charge on any atom is -0.337 e. The van der Waals surface area contributed by atoms with Gasteiger partial charge in [0.1, 0.15) is 0 Å². The fourth-order valence-corrected chi connectivity index (χ4v) is 3.26. The van der Waals surface area contributed by atoms with Gasteiger partial charge in [0.05, 0.1) is 6.26 Å². The van der Waals surface area contributed by atoms with E-state index < -0.39 is 28.1 Å². The van der Waals surface area contributed by atoms with Crippen molar-refractivity contribution in [2.24, 2.45) is 5.92 Å². The van der Waals surface area contributed by atoms with E-state index >= 15 is 0 Å². The summed E-state index contributed by atoms with van der Waals surface area (Å²) >= 11 is 0. The Labute approximate surface area is 133 Å². The second kappa shape index (κ2) is 9.66. The Morgan fingerprint density at radius 1 is 1.18 bits per heavy atom. The summed E-state index contributed by atoms with van der Waals surface area (Å²) in [5.74, 6) is 0.358. The van der Waals surface area contributed by atoms with Crippen LogP contribution in [0.3, 0.4) is 0 Å². The number of unbranched alkanes of at least 4 members (excludes halogenated alkanes) is 1. The minimum absolute atomic E-state index is 0.358. The molecule has 0 aliphatic carbocycles. The zero-order valence-electron chi connectivity index (χ0n) is 14.2. The molecule has 130 valence electrons. The third-order valence-corrected chi connectivity index (χ3v) is 4.64. The van der Waals surface area contributed by atoms with Crippen molar-refractivity contribution in [2.45, 2.75) is 59.4 Å². The molecule has 0 fully saturated rings. The van der Waals surface area contributed by atoms with Crippen LogP contribution in [0.2, 0.25) is 0 Å². The zero-order chi connectivity index (χ0) is 17.3. The zero-order valence-corrected chi connectivity index (χ0v) is 15.0. The molecule has 0 saturated carbocycles. The molecule has 2 N–H and O–H groups in total. The van der Waals surface area contributed by atoms with Crippen molar-refractivity contribution in [3.05, 3.63) is 0 Å². The van der Waals surface area contributed by atoms with Crippen LogP contribution in [0.1, 0.15) is 53.4 Å². The topological polar surface area (TPSA) is 95.6 Å². The highest BCUT2D eigenvalue weighted by Crippen LogP contribution is 2.11. The van der Waals surface area contributed by atoms with E-state index in [2.05, 4.69) is 24.5 Å². The number of imide groups is 1. The van der Waals surface area contributed by atoms with Gasteiger partial charge in [-0.3, -0.25) is 5.32 Å². The number of hydrogen-bond donors (Lipinski definition) is 2. The van der Waals surface area contributed by atoms with Gasteiger partial charge in [-0.1, -0.05) is 33.1 Å². The Morgan fingerprint density at radius 3 is 2.18 bits per heavy atom. The molecule has 0 aromatic carbocycles. The lowest BCUT2D eigenvalue weighted by Gasteiger charge is -2.24. The van der Waals surface area contributed by atoms with Gasteiger partial charge in [0.15, 0.2) is 0 Å². The summed E-state index contributed by atoms with van der Waals surface area (Å²) in [6, 6.07) is -2.17. The van der Waals surface area contributed by atoms with Crippen LogP contribution in [-0.4, -0.2) is 43.6 Å². The summed E-state index contributed by atoms with van der Waals surface area (Å²) in [6.07, 6.45) is 5.08. The molecule has 7 nitrogen and oxygen atoms in total. The average molecular weight is 335 g/mol. The van der Waals surface area contributed by atoms with E-state index in [0.717, 1.165) is 31.9 Å². The molecule has 1 atom stereocenters. The Balaban J connectivity index is 4.49. The molecule has 0 saturated heterocycles. The lowest BCUT2D eigenvalue weighted by molar-refractivity contribution is 0.209. The smallest absolute Gasteiger partial charge is 0.337 e. The van der Waals surface area contributed by atoms with Crippen molar-refractivity contribution < 1.29 is 18.0 Å². The molecule has 0 aliphatic heterocycles. The van der Waals surface area contributed by atoms with Gasteiger partial charge >= 0.3 is 12.1 Å². The monoisotopic (exact) mass is 335 g/mol. The molecule has 0 spiro atoms. The second-order valence-corrected chi connectivity index (χ2v) is 7.57. The van der Waals surface area contributed by atoms with Crippen molar-refractivity contribution in [3.63, 3.8) is 0 Å². The van der Waals surface area contributed by atoms with Crippen molar-refractivity contribution in [1.82, 2.24) is 14.9 Å². The van der Waals surface area contributed by atoms with Crippen LogP contribution in [0.5, 0.6) is 0 Å². The van der Waals surface area contributed by atoms with Gasteiger partial charge in [-0.2, -0.15) is 0 Å².